The highest BCUT2D eigenvalue weighted by Gasteiger charge is 2.24. The molecular formula is C22H21NO5S. The van der Waals surface area contributed by atoms with Gasteiger partial charge >= 0.3 is 10.1 Å². The fourth-order valence-electron chi connectivity index (χ4n) is 3.41. The minimum atomic E-state index is -4.16. The number of nitrogens with one attached hydrogen (secondary N) is 1. The number of rotatable bonds is 6. The van der Waals surface area contributed by atoms with Crippen molar-refractivity contribution in [1.82, 2.24) is 0 Å². The van der Waals surface area contributed by atoms with Crippen LogP contribution in [-0.4, -0.2) is 13.5 Å². The molecule has 0 fully saturated rings. The second kappa shape index (κ2) is 7.51. The van der Waals surface area contributed by atoms with Crippen LogP contribution in [-0.2, 0) is 21.0 Å². The number of aliphatic hydroxyl groups is 1. The number of aliphatic hydroxyl groups excluding tert-OH is 1. The van der Waals surface area contributed by atoms with E-state index in [1.165, 1.54) is 12.1 Å². The van der Waals surface area contributed by atoms with E-state index in [4.69, 9.17) is 8.70 Å². The maximum Gasteiger partial charge on any atom is 0.317 e. The van der Waals surface area contributed by atoms with Gasteiger partial charge in [-0.3, -0.25) is 0 Å². The number of fused-ring (bicyclic) bond motifs is 3. The molecule has 0 unspecified atom stereocenters. The molecule has 0 saturated heterocycles. The van der Waals surface area contributed by atoms with Gasteiger partial charge in [-0.2, -0.15) is 8.42 Å². The van der Waals surface area contributed by atoms with Crippen LogP contribution < -0.4 is 5.48 Å². The second-order valence-electron chi connectivity index (χ2n) is 7.06. The zero-order valence-corrected chi connectivity index (χ0v) is 16.9. The molecule has 6 nitrogen and oxygen atoms in total. The Balaban J connectivity index is 1.81. The highest BCUT2D eigenvalue weighted by molar-refractivity contribution is 7.86. The molecule has 150 valence electrons. The smallest absolute Gasteiger partial charge is 0.317 e. The Morgan fingerprint density at radius 1 is 1.03 bits per heavy atom. The first-order valence-corrected chi connectivity index (χ1v) is 10.7. The van der Waals surface area contributed by atoms with Gasteiger partial charge in [-0.05, 0) is 28.5 Å². The lowest BCUT2D eigenvalue weighted by molar-refractivity contribution is 0.277. The SMILES string of the molecule is CC(C)c1oc2ccc3ccccc3c2c1NOS(=O)(=O)c1ccccc1CO. The van der Waals surface area contributed by atoms with Gasteiger partial charge in [0.2, 0.25) is 0 Å². The fraction of sp³-hybridized carbons (Fsp3) is 0.182. The van der Waals surface area contributed by atoms with Gasteiger partial charge in [0.15, 0.2) is 0 Å². The van der Waals surface area contributed by atoms with Crippen LogP contribution in [0.5, 0.6) is 0 Å². The number of hydrogen-bond acceptors (Lipinski definition) is 6. The van der Waals surface area contributed by atoms with Crippen LogP contribution in [0.3, 0.4) is 0 Å². The summed E-state index contributed by atoms with van der Waals surface area (Å²) in [7, 11) is -4.16. The van der Waals surface area contributed by atoms with Crippen LogP contribution in [0.15, 0.2) is 70.0 Å². The molecule has 0 spiro atoms. The maximum absolute atomic E-state index is 12.8. The molecule has 0 amide bonds. The predicted molar refractivity (Wildman–Crippen MR) is 112 cm³/mol. The standard InChI is InChI=1S/C22H21NO5S/c1-14(2)22-21(20-17-9-5-3-7-15(17)11-12-18(20)27-22)23-28-29(25,26)19-10-6-4-8-16(19)13-24/h3-12,14,23-24H,13H2,1-2H3. The lowest BCUT2D eigenvalue weighted by Gasteiger charge is -2.12. The molecule has 0 bridgehead atoms. The lowest BCUT2D eigenvalue weighted by Crippen LogP contribution is -2.14. The summed E-state index contributed by atoms with van der Waals surface area (Å²) in [5.74, 6) is 0.599. The van der Waals surface area contributed by atoms with Gasteiger partial charge in [0.05, 0.1) is 12.0 Å². The van der Waals surface area contributed by atoms with Crippen molar-refractivity contribution >= 4 is 37.5 Å². The maximum atomic E-state index is 12.8. The van der Waals surface area contributed by atoms with Crippen LogP contribution in [0.1, 0.15) is 31.1 Å². The Hall–Kier alpha value is -2.87. The van der Waals surface area contributed by atoms with E-state index in [1.807, 2.05) is 50.2 Å². The molecular weight excluding hydrogens is 390 g/mol. The molecule has 1 aromatic heterocycles. The first-order valence-electron chi connectivity index (χ1n) is 9.25. The first-order chi connectivity index (χ1) is 13.9. The molecule has 0 radical (unpaired) electrons. The van der Waals surface area contributed by atoms with Crippen molar-refractivity contribution < 1.29 is 22.2 Å². The van der Waals surface area contributed by atoms with Crippen molar-refractivity contribution in [3.05, 3.63) is 72.0 Å². The summed E-state index contributed by atoms with van der Waals surface area (Å²) in [4.78, 5) is -0.0845. The van der Waals surface area contributed by atoms with Crippen molar-refractivity contribution in [1.29, 1.82) is 0 Å². The average molecular weight is 411 g/mol. The minimum absolute atomic E-state index is 0.000283. The highest BCUT2D eigenvalue weighted by Crippen LogP contribution is 2.40. The topological polar surface area (TPSA) is 88.8 Å². The third kappa shape index (κ3) is 3.48. The Kier molecular flexibility index (Phi) is 5.04. The van der Waals surface area contributed by atoms with Gasteiger partial charge in [0, 0.05) is 5.92 Å². The van der Waals surface area contributed by atoms with E-state index in [0.29, 0.717) is 17.0 Å². The van der Waals surface area contributed by atoms with E-state index in [9.17, 15) is 13.5 Å². The second-order valence-corrected chi connectivity index (χ2v) is 8.58. The lowest BCUT2D eigenvalue weighted by atomic mass is 10.0. The zero-order valence-electron chi connectivity index (χ0n) is 16.0. The number of hydrogen-bond donors (Lipinski definition) is 2. The average Bonchev–Trinajstić information content (AvgIpc) is 3.12. The zero-order chi connectivity index (χ0) is 20.6. The summed E-state index contributed by atoms with van der Waals surface area (Å²) in [6.45, 7) is 3.51. The molecule has 0 aliphatic rings. The quantitative estimate of drug-likeness (QED) is 0.437. The van der Waals surface area contributed by atoms with E-state index in [2.05, 4.69) is 5.48 Å². The minimum Gasteiger partial charge on any atom is -0.458 e. The molecule has 1 heterocycles. The Morgan fingerprint density at radius 3 is 2.52 bits per heavy atom. The predicted octanol–water partition coefficient (Wildman–Crippen LogP) is 4.93. The molecule has 0 saturated carbocycles. The third-order valence-electron chi connectivity index (χ3n) is 4.80. The van der Waals surface area contributed by atoms with Crippen LogP contribution >= 0.6 is 0 Å². The van der Waals surface area contributed by atoms with Gasteiger partial charge in [0.1, 0.15) is 21.9 Å². The molecule has 0 aliphatic heterocycles. The van der Waals surface area contributed by atoms with Crippen molar-refractivity contribution in [2.24, 2.45) is 0 Å². The summed E-state index contributed by atoms with van der Waals surface area (Å²) in [5, 5.41) is 12.2. The van der Waals surface area contributed by atoms with Gasteiger partial charge in [-0.25, -0.2) is 5.48 Å². The molecule has 4 aromatic rings. The van der Waals surface area contributed by atoms with E-state index in [0.717, 1.165) is 16.2 Å². The normalized spacial score (nSPS) is 12.1. The summed E-state index contributed by atoms with van der Waals surface area (Å²) in [5.41, 5.74) is 4.03. The molecule has 2 N–H and O–H groups in total. The van der Waals surface area contributed by atoms with E-state index in [1.54, 1.807) is 12.1 Å². The van der Waals surface area contributed by atoms with Gasteiger partial charge in [-0.15, -0.1) is 4.28 Å². The largest absolute Gasteiger partial charge is 0.458 e. The third-order valence-corrected chi connectivity index (χ3v) is 6.04. The van der Waals surface area contributed by atoms with Crippen LogP contribution in [0.2, 0.25) is 0 Å². The van der Waals surface area contributed by atoms with Gasteiger partial charge in [-0.1, -0.05) is 62.4 Å². The van der Waals surface area contributed by atoms with Gasteiger partial charge < -0.3 is 9.52 Å². The van der Waals surface area contributed by atoms with E-state index in [-0.39, 0.29) is 16.4 Å². The molecule has 0 atom stereocenters. The molecule has 29 heavy (non-hydrogen) atoms. The number of furan rings is 1. The Labute approximate surface area is 168 Å². The summed E-state index contributed by atoms with van der Waals surface area (Å²) < 4.78 is 36.7. The monoisotopic (exact) mass is 411 g/mol. The van der Waals surface area contributed by atoms with Crippen molar-refractivity contribution in [2.45, 2.75) is 31.3 Å². The van der Waals surface area contributed by atoms with Crippen molar-refractivity contribution in [3.8, 4) is 0 Å². The van der Waals surface area contributed by atoms with Crippen LogP contribution in [0.25, 0.3) is 21.7 Å². The van der Waals surface area contributed by atoms with Crippen LogP contribution in [0.4, 0.5) is 5.69 Å². The summed E-state index contributed by atoms with van der Waals surface area (Å²) >= 11 is 0. The van der Waals surface area contributed by atoms with Crippen molar-refractivity contribution in [2.75, 3.05) is 5.48 Å². The van der Waals surface area contributed by atoms with Crippen molar-refractivity contribution in [3.63, 3.8) is 0 Å². The van der Waals surface area contributed by atoms with Gasteiger partial charge in [0.25, 0.3) is 0 Å². The summed E-state index contributed by atoms with van der Waals surface area (Å²) in [6.07, 6.45) is 0. The Bertz CT molecular complexity index is 1290. The van der Waals surface area contributed by atoms with Crippen LogP contribution in [0, 0.1) is 0 Å². The molecule has 0 aliphatic carbocycles. The number of benzene rings is 3. The highest BCUT2D eigenvalue weighted by atomic mass is 32.2. The van der Waals surface area contributed by atoms with E-state index >= 15 is 0 Å². The number of anilines is 1. The summed E-state index contributed by atoms with van der Waals surface area (Å²) in [6, 6.07) is 17.8. The van der Waals surface area contributed by atoms with E-state index < -0.39 is 16.7 Å². The Morgan fingerprint density at radius 2 is 1.76 bits per heavy atom. The first kappa shape index (κ1) is 19.4. The molecule has 4 rings (SSSR count). The molecule has 7 heteroatoms. The fourth-order valence-corrected chi connectivity index (χ4v) is 4.40. The molecule has 3 aromatic carbocycles.